The zero-order valence-electron chi connectivity index (χ0n) is 22.0. The number of rotatable bonds is 8. The predicted octanol–water partition coefficient (Wildman–Crippen LogP) is 5.06. The summed E-state index contributed by atoms with van der Waals surface area (Å²) < 4.78 is 85.3. The van der Waals surface area contributed by atoms with E-state index in [9.17, 15) is 35.9 Å². The van der Waals surface area contributed by atoms with Gasteiger partial charge in [0.25, 0.3) is 18.2 Å². The largest absolute Gasteiger partial charge is 0.461 e. The molecule has 0 spiro atoms. The smallest absolute Gasteiger partial charge is 0.408 e. The van der Waals surface area contributed by atoms with E-state index in [1.54, 1.807) is 4.90 Å². The number of carbonyl (C=O) groups is 2. The molecule has 4 rings (SSSR count). The van der Waals surface area contributed by atoms with Crippen molar-refractivity contribution in [3.63, 3.8) is 0 Å². The van der Waals surface area contributed by atoms with Gasteiger partial charge in [0, 0.05) is 12.2 Å². The van der Waals surface area contributed by atoms with E-state index in [1.807, 2.05) is 5.32 Å². The minimum absolute atomic E-state index is 0.0846. The number of ether oxygens (including phenoxy) is 1. The van der Waals surface area contributed by atoms with Gasteiger partial charge in [-0.25, -0.2) is 23.1 Å². The Hall–Kier alpha value is -3.58. The van der Waals surface area contributed by atoms with Crippen LogP contribution in [-0.4, -0.2) is 51.3 Å². The third-order valence-corrected chi connectivity index (χ3v) is 7.27. The molecular weight excluding hydrogens is 544 g/mol. The monoisotopic (exact) mass is 573 g/mol. The van der Waals surface area contributed by atoms with Crippen LogP contribution in [0.4, 0.5) is 32.2 Å². The molecule has 2 saturated heterocycles. The SMILES string of the molecule is C[C@H](NC(=O)c1cccnc1N1C2CCCC1(NC(=O)C(C)(C)Oc1ncc(F)cc1C(F)F)CC2)C(F)(F)F. The van der Waals surface area contributed by atoms with Crippen LogP contribution < -0.4 is 20.3 Å². The molecule has 8 nitrogen and oxygen atoms in total. The molecule has 2 aliphatic rings. The van der Waals surface area contributed by atoms with Crippen LogP contribution in [-0.2, 0) is 4.79 Å². The standard InChI is InChI=1S/C26H29F6N5O3/c1-14(26(30,31)32)35-21(38)17-7-5-11-33-20(17)37-16-6-4-9-25(37,10-8-16)36-23(39)24(2,3)40-22-18(19(28)29)12-15(27)13-34-22/h5,7,11-14,16,19H,4,6,8-10H2,1-3H3,(H,35,38)(H,36,39)/t14-,16?,25?/m0/s1. The molecule has 2 amide bonds. The van der Waals surface area contributed by atoms with Gasteiger partial charge in [-0.05, 0) is 71.1 Å². The van der Waals surface area contributed by atoms with Crippen molar-refractivity contribution in [3.05, 3.63) is 47.5 Å². The molecule has 2 unspecified atom stereocenters. The normalized spacial score (nSPS) is 21.8. The molecule has 2 N–H and O–H groups in total. The van der Waals surface area contributed by atoms with E-state index in [4.69, 9.17) is 4.74 Å². The molecule has 2 bridgehead atoms. The number of aromatic nitrogens is 2. The maximum Gasteiger partial charge on any atom is 0.408 e. The second-order valence-corrected chi connectivity index (χ2v) is 10.5. The summed E-state index contributed by atoms with van der Waals surface area (Å²) >= 11 is 0. The fourth-order valence-corrected chi connectivity index (χ4v) is 5.17. The van der Waals surface area contributed by atoms with Gasteiger partial charge >= 0.3 is 6.18 Å². The Morgan fingerprint density at radius 2 is 1.90 bits per heavy atom. The van der Waals surface area contributed by atoms with E-state index in [0.29, 0.717) is 44.4 Å². The van der Waals surface area contributed by atoms with Crippen molar-refractivity contribution in [1.82, 2.24) is 20.6 Å². The van der Waals surface area contributed by atoms with Crippen molar-refractivity contribution in [2.24, 2.45) is 0 Å². The lowest BCUT2D eigenvalue weighted by atomic mass is 9.94. The van der Waals surface area contributed by atoms with Crippen LogP contribution in [0.15, 0.2) is 30.6 Å². The number of anilines is 1. The zero-order valence-corrected chi connectivity index (χ0v) is 22.0. The molecule has 2 fully saturated rings. The summed E-state index contributed by atoms with van der Waals surface area (Å²) in [4.78, 5) is 36.1. The number of piperidine rings is 1. The lowest BCUT2D eigenvalue weighted by Crippen LogP contribution is -2.65. The first-order chi connectivity index (χ1) is 18.6. The van der Waals surface area contributed by atoms with Crippen LogP contribution in [0.5, 0.6) is 5.88 Å². The van der Waals surface area contributed by atoms with Crippen molar-refractivity contribution in [2.45, 2.75) is 88.8 Å². The third kappa shape index (κ3) is 5.80. The summed E-state index contributed by atoms with van der Waals surface area (Å²) in [6.45, 7) is 3.52. The Bertz CT molecular complexity index is 1270. The topological polar surface area (TPSA) is 96.5 Å². The van der Waals surface area contributed by atoms with Gasteiger partial charge in [-0.3, -0.25) is 9.59 Å². The first-order valence-electron chi connectivity index (χ1n) is 12.7. The number of hydrogen-bond donors (Lipinski definition) is 2. The van der Waals surface area contributed by atoms with E-state index in [-0.39, 0.29) is 17.4 Å². The Balaban J connectivity index is 1.62. The minimum atomic E-state index is -4.65. The molecule has 0 aromatic carbocycles. The molecule has 4 heterocycles. The number of amides is 2. The highest BCUT2D eigenvalue weighted by molar-refractivity contribution is 5.99. The van der Waals surface area contributed by atoms with Crippen molar-refractivity contribution in [2.75, 3.05) is 4.90 Å². The average Bonchev–Trinajstić information content (AvgIpc) is 3.08. The van der Waals surface area contributed by atoms with E-state index in [1.165, 1.54) is 32.2 Å². The molecule has 0 aliphatic carbocycles. The van der Waals surface area contributed by atoms with E-state index < -0.39 is 59.0 Å². The Morgan fingerprint density at radius 3 is 2.58 bits per heavy atom. The fraction of sp³-hybridized carbons (Fsp3) is 0.538. The molecule has 0 saturated carbocycles. The number of hydrogen-bond acceptors (Lipinski definition) is 6. The summed E-state index contributed by atoms with van der Waals surface area (Å²) in [5, 5.41) is 4.90. The summed E-state index contributed by atoms with van der Waals surface area (Å²) in [6, 6.07) is 1.11. The number of pyridine rings is 2. The van der Waals surface area contributed by atoms with Crippen molar-refractivity contribution in [1.29, 1.82) is 0 Å². The molecule has 2 aromatic heterocycles. The number of fused-ring (bicyclic) bond motifs is 2. The van der Waals surface area contributed by atoms with Gasteiger partial charge in [0.05, 0.1) is 17.3 Å². The van der Waals surface area contributed by atoms with Gasteiger partial charge in [-0.1, -0.05) is 0 Å². The number of halogens is 6. The first-order valence-corrected chi connectivity index (χ1v) is 12.7. The van der Waals surface area contributed by atoms with Gasteiger partial charge in [0.2, 0.25) is 5.88 Å². The Labute approximate surface area is 226 Å². The van der Waals surface area contributed by atoms with Gasteiger partial charge in [-0.2, -0.15) is 13.2 Å². The molecule has 40 heavy (non-hydrogen) atoms. The Morgan fingerprint density at radius 1 is 1.18 bits per heavy atom. The molecule has 2 aliphatic heterocycles. The average molecular weight is 574 g/mol. The van der Waals surface area contributed by atoms with Gasteiger partial charge in [-0.15, -0.1) is 0 Å². The molecule has 218 valence electrons. The summed E-state index contributed by atoms with van der Waals surface area (Å²) in [7, 11) is 0. The van der Waals surface area contributed by atoms with E-state index in [0.717, 1.165) is 6.92 Å². The fourth-order valence-electron chi connectivity index (χ4n) is 5.17. The highest BCUT2D eigenvalue weighted by atomic mass is 19.4. The van der Waals surface area contributed by atoms with Crippen molar-refractivity contribution in [3.8, 4) is 5.88 Å². The number of carbonyl (C=O) groups excluding carboxylic acids is 2. The first kappa shape index (κ1) is 29.4. The number of alkyl halides is 5. The van der Waals surface area contributed by atoms with Crippen molar-refractivity contribution < 1.29 is 40.7 Å². The molecule has 2 aromatic rings. The molecule has 3 atom stereocenters. The van der Waals surface area contributed by atoms with Crippen LogP contribution >= 0.6 is 0 Å². The quantitative estimate of drug-likeness (QED) is 0.429. The Kier molecular flexibility index (Phi) is 7.92. The second-order valence-electron chi connectivity index (χ2n) is 10.5. The van der Waals surface area contributed by atoms with E-state index in [2.05, 4.69) is 15.3 Å². The number of nitrogens with zero attached hydrogens (tertiary/aromatic N) is 3. The van der Waals surface area contributed by atoms with Crippen LogP contribution in [0.1, 0.15) is 75.2 Å². The van der Waals surface area contributed by atoms with Gasteiger partial charge in [0.15, 0.2) is 5.60 Å². The maximum atomic E-state index is 13.5. The van der Waals surface area contributed by atoms with E-state index >= 15 is 0 Å². The van der Waals surface area contributed by atoms with Crippen LogP contribution in [0.25, 0.3) is 0 Å². The molecule has 14 heteroatoms. The highest BCUT2D eigenvalue weighted by Crippen LogP contribution is 2.46. The summed E-state index contributed by atoms with van der Waals surface area (Å²) in [5.41, 5.74) is -3.70. The van der Waals surface area contributed by atoms with Crippen LogP contribution in [0.2, 0.25) is 0 Å². The second kappa shape index (κ2) is 10.8. The highest BCUT2D eigenvalue weighted by Gasteiger charge is 2.53. The molecule has 0 radical (unpaired) electrons. The number of nitrogens with one attached hydrogen (secondary N) is 2. The van der Waals surface area contributed by atoms with Gasteiger partial charge in [0.1, 0.15) is 23.3 Å². The lowest BCUT2D eigenvalue weighted by molar-refractivity contribution is -0.149. The summed E-state index contributed by atoms with van der Waals surface area (Å²) in [6.07, 6.45) is -2.77. The van der Waals surface area contributed by atoms with Crippen LogP contribution in [0.3, 0.4) is 0 Å². The zero-order chi connectivity index (χ0) is 29.5. The van der Waals surface area contributed by atoms with Crippen LogP contribution in [0, 0.1) is 5.82 Å². The summed E-state index contributed by atoms with van der Waals surface area (Å²) in [5.74, 6) is -3.13. The van der Waals surface area contributed by atoms with Gasteiger partial charge < -0.3 is 20.3 Å². The molecular formula is C26H29F6N5O3. The third-order valence-electron chi connectivity index (χ3n) is 7.27. The van der Waals surface area contributed by atoms with Crippen molar-refractivity contribution >= 4 is 17.6 Å². The maximum absolute atomic E-state index is 13.5. The lowest BCUT2D eigenvalue weighted by Gasteiger charge is -2.47. The minimum Gasteiger partial charge on any atom is -0.461 e. The predicted molar refractivity (Wildman–Crippen MR) is 131 cm³/mol.